The summed E-state index contributed by atoms with van der Waals surface area (Å²) in [7, 11) is 3.32. The van der Waals surface area contributed by atoms with E-state index in [1.54, 1.807) is 43.1 Å². The smallest absolute Gasteiger partial charge is 0.271 e. The quantitative estimate of drug-likeness (QED) is 0.488. The average molecular weight is 342 g/mol. The first-order valence-electron chi connectivity index (χ1n) is 7.08. The molecule has 122 valence electrons. The summed E-state index contributed by atoms with van der Waals surface area (Å²) >= 11 is 1.30. The Kier molecular flexibility index (Phi) is 4.22. The van der Waals surface area contributed by atoms with Crippen LogP contribution in [0.2, 0.25) is 0 Å². The highest BCUT2D eigenvalue weighted by Gasteiger charge is 2.29. The van der Waals surface area contributed by atoms with Gasteiger partial charge in [-0.15, -0.1) is 0 Å². The highest BCUT2D eigenvalue weighted by molar-refractivity contribution is 8.18. The largest absolute Gasteiger partial charge is 0.317 e. The molecule has 1 fully saturated rings. The van der Waals surface area contributed by atoms with Crippen molar-refractivity contribution in [2.45, 2.75) is 0 Å². The van der Waals surface area contributed by atoms with Crippen molar-refractivity contribution >= 4 is 34.6 Å². The van der Waals surface area contributed by atoms with E-state index in [9.17, 15) is 14.9 Å². The van der Waals surface area contributed by atoms with E-state index in [2.05, 4.69) is 4.99 Å². The van der Waals surface area contributed by atoms with E-state index in [1.807, 2.05) is 12.1 Å². The van der Waals surface area contributed by atoms with Crippen molar-refractivity contribution in [2.24, 2.45) is 4.99 Å². The molecule has 0 unspecified atom stereocenters. The van der Waals surface area contributed by atoms with Crippen LogP contribution in [0.25, 0.3) is 11.8 Å². The Hall–Kier alpha value is -2.87. The fourth-order valence-corrected chi connectivity index (χ4v) is 3.30. The molecule has 2 aromatic rings. The molecule has 0 spiro atoms. The second kappa shape index (κ2) is 6.32. The van der Waals surface area contributed by atoms with Gasteiger partial charge in [-0.1, -0.05) is 6.07 Å². The van der Waals surface area contributed by atoms with Crippen LogP contribution in [0.3, 0.4) is 0 Å². The van der Waals surface area contributed by atoms with Gasteiger partial charge in [0.25, 0.3) is 11.6 Å². The first-order chi connectivity index (χ1) is 11.5. The van der Waals surface area contributed by atoms with Gasteiger partial charge in [-0.3, -0.25) is 24.8 Å². The Morgan fingerprint density at radius 1 is 1.29 bits per heavy atom. The third-order valence-electron chi connectivity index (χ3n) is 3.57. The molecule has 1 amide bonds. The number of benzene rings is 1. The summed E-state index contributed by atoms with van der Waals surface area (Å²) in [6.07, 6.45) is 3.56. The van der Waals surface area contributed by atoms with Crippen LogP contribution in [0.1, 0.15) is 5.69 Å². The first kappa shape index (κ1) is 16.0. The molecule has 1 aliphatic heterocycles. The van der Waals surface area contributed by atoms with Crippen LogP contribution in [-0.2, 0) is 4.79 Å². The van der Waals surface area contributed by atoms with Crippen LogP contribution in [0.4, 0.5) is 5.69 Å². The number of nitro benzene ring substituents is 1. The van der Waals surface area contributed by atoms with E-state index in [1.165, 1.54) is 28.8 Å². The number of carbonyl (C=O) groups is 1. The van der Waals surface area contributed by atoms with Gasteiger partial charge in [0.2, 0.25) is 0 Å². The van der Waals surface area contributed by atoms with Gasteiger partial charge in [-0.25, -0.2) is 0 Å². The summed E-state index contributed by atoms with van der Waals surface area (Å²) in [5.41, 5.74) is 1.44. The SMILES string of the molecule is CN=C1S/C(=C/c2cccn2-c2cccc([N+](=O)[O-])c2)C(=O)N1C. The number of nitrogens with zero attached hydrogens (tertiary/aromatic N) is 4. The number of likely N-dealkylation sites (N-methyl/N-ethyl adjacent to an activating group) is 1. The lowest BCUT2D eigenvalue weighted by Crippen LogP contribution is -2.23. The maximum atomic E-state index is 12.2. The first-order valence-corrected chi connectivity index (χ1v) is 7.89. The van der Waals surface area contributed by atoms with Crippen LogP contribution >= 0.6 is 11.8 Å². The standard InChI is InChI=1S/C16H14N4O3S/c1-17-16-18(2)15(21)14(24-16)10-12-7-4-8-19(12)11-5-3-6-13(9-11)20(22)23/h3-10H,1-2H3/b14-10+,17-16?. The molecule has 0 aliphatic carbocycles. The number of aliphatic imine (C=N–C) groups is 1. The van der Waals surface area contributed by atoms with Crippen molar-refractivity contribution in [1.82, 2.24) is 9.47 Å². The Balaban J connectivity index is 2.00. The van der Waals surface area contributed by atoms with Crippen LogP contribution in [0.15, 0.2) is 52.5 Å². The van der Waals surface area contributed by atoms with E-state index in [0.717, 1.165) is 5.69 Å². The summed E-state index contributed by atoms with van der Waals surface area (Å²) in [5, 5.41) is 11.6. The summed E-state index contributed by atoms with van der Waals surface area (Å²) in [6, 6.07) is 10.0. The minimum Gasteiger partial charge on any atom is -0.317 e. The van der Waals surface area contributed by atoms with E-state index in [4.69, 9.17) is 0 Å². The van der Waals surface area contributed by atoms with Crippen molar-refractivity contribution < 1.29 is 9.72 Å². The number of aromatic nitrogens is 1. The fourth-order valence-electron chi connectivity index (χ4n) is 2.39. The molecule has 8 heteroatoms. The van der Waals surface area contributed by atoms with E-state index in [-0.39, 0.29) is 11.6 Å². The predicted molar refractivity (Wildman–Crippen MR) is 94.1 cm³/mol. The minimum absolute atomic E-state index is 0.0197. The van der Waals surface area contributed by atoms with Gasteiger partial charge < -0.3 is 4.57 Å². The van der Waals surface area contributed by atoms with Crippen LogP contribution in [0, 0.1) is 10.1 Å². The Labute approximate surface area is 142 Å². The molecule has 0 bridgehead atoms. The van der Waals surface area contributed by atoms with Gasteiger partial charge in [0, 0.05) is 38.1 Å². The van der Waals surface area contributed by atoms with E-state index < -0.39 is 4.92 Å². The summed E-state index contributed by atoms with van der Waals surface area (Å²) < 4.78 is 1.80. The van der Waals surface area contributed by atoms with Gasteiger partial charge in [0.05, 0.1) is 15.5 Å². The summed E-state index contributed by atoms with van der Waals surface area (Å²) in [4.78, 5) is 28.9. The maximum absolute atomic E-state index is 12.2. The normalized spacial score (nSPS) is 17.9. The molecule has 1 aromatic carbocycles. The highest BCUT2D eigenvalue weighted by Crippen LogP contribution is 2.31. The molecule has 3 rings (SSSR count). The fraction of sp³-hybridized carbons (Fsp3) is 0.125. The third-order valence-corrected chi connectivity index (χ3v) is 4.72. The summed E-state index contributed by atoms with van der Waals surface area (Å²) in [5.74, 6) is -0.118. The zero-order chi connectivity index (χ0) is 17.3. The number of amides is 1. The van der Waals surface area contributed by atoms with Crippen LogP contribution in [-0.4, -0.2) is 39.6 Å². The number of nitro groups is 1. The molecule has 7 nitrogen and oxygen atoms in total. The zero-order valence-corrected chi connectivity index (χ0v) is 13.9. The van der Waals surface area contributed by atoms with Crippen molar-refractivity contribution in [3.05, 3.63) is 63.3 Å². The number of thioether (sulfide) groups is 1. The summed E-state index contributed by atoms with van der Waals surface area (Å²) in [6.45, 7) is 0. The number of hydrogen-bond acceptors (Lipinski definition) is 5. The van der Waals surface area contributed by atoms with Crippen LogP contribution < -0.4 is 0 Å². The predicted octanol–water partition coefficient (Wildman–Crippen LogP) is 2.92. The van der Waals surface area contributed by atoms with E-state index in [0.29, 0.717) is 15.8 Å². The molecule has 1 saturated heterocycles. The topological polar surface area (TPSA) is 80.7 Å². The molecule has 0 atom stereocenters. The molecule has 0 N–H and O–H groups in total. The molecular weight excluding hydrogens is 328 g/mol. The number of hydrogen-bond donors (Lipinski definition) is 0. The monoisotopic (exact) mass is 342 g/mol. The number of non-ortho nitro benzene ring substituents is 1. The number of amidine groups is 1. The second-order valence-corrected chi connectivity index (χ2v) is 6.07. The van der Waals surface area contributed by atoms with Crippen molar-refractivity contribution in [3.63, 3.8) is 0 Å². The van der Waals surface area contributed by atoms with E-state index >= 15 is 0 Å². The van der Waals surface area contributed by atoms with Gasteiger partial charge >= 0.3 is 0 Å². The van der Waals surface area contributed by atoms with Crippen LogP contribution in [0.5, 0.6) is 0 Å². The van der Waals surface area contributed by atoms with Gasteiger partial charge in [-0.05, 0) is 36.0 Å². The zero-order valence-electron chi connectivity index (χ0n) is 13.0. The van der Waals surface area contributed by atoms with Crippen molar-refractivity contribution in [2.75, 3.05) is 14.1 Å². The highest BCUT2D eigenvalue weighted by atomic mass is 32.2. The van der Waals surface area contributed by atoms with Crippen molar-refractivity contribution in [1.29, 1.82) is 0 Å². The maximum Gasteiger partial charge on any atom is 0.271 e. The molecule has 24 heavy (non-hydrogen) atoms. The number of rotatable bonds is 3. The van der Waals surface area contributed by atoms with Gasteiger partial charge in [0.1, 0.15) is 0 Å². The third kappa shape index (κ3) is 2.83. The Bertz CT molecular complexity index is 885. The van der Waals surface area contributed by atoms with Gasteiger partial charge in [-0.2, -0.15) is 0 Å². The minimum atomic E-state index is -0.430. The molecule has 1 aromatic heterocycles. The Morgan fingerprint density at radius 2 is 2.08 bits per heavy atom. The van der Waals surface area contributed by atoms with Gasteiger partial charge in [0.15, 0.2) is 5.17 Å². The van der Waals surface area contributed by atoms with Crippen molar-refractivity contribution in [3.8, 4) is 5.69 Å². The molecule has 1 aliphatic rings. The molecule has 2 heterocycles. The number of carbonyl (C=O) groups excluding carboxylic acids is 1. The molecule has 0 radical (unpaired) electrons. The average Bonchev–Trinajstić information content (AvgIpc) is 3.15. The molecular formula is C16H14N4O3S. The lowest BCUT2D eigenvalue weighted by Gasteiger charge is -2.07. The Morgan fingerprint density at radius 3 is 2.75 bits per heavy atom. The second-order valence-electron chi connectivity index (χ2n) is 5.06. The lowest BCUT2D eigenvalue weighted by atomic mass is 10.2. The lowest BCUT2D eigenvalue weighted by molar-refractivity contribution is -0.384. The molecule has 0 saturated carbocycles.